The van der Waals surface area contributed by atoms with Crippen LogP contribution < -0.4 is 10.6 Å². The number of likely N-dealkylation sites (N-methyl/N-ethyl adjacent to an activating group) is 1. The average Bonchev–Trinajstić information content (AvgIpc) is 2.46. The van der Waals surface area contributed by atoms with Gasteiger partial charge in [-0.05, 0) is 32.0 Å². The number of non-ortho nitro benzene ring substituents is 1. The van der Waals surface area contributed by atoms with Crippen molar-refractivity contribution in [3.05, 3.63) is 33.9 Å². The van der Waals surface area contributed by atoms with E-state index < -0.39 is 4.92 Å². The fourth-order valence-corrected chi connectivity index (χ4v) is 1.96. The van der Waals surface area contributed by atoms with Crippen LogP contribution in [-0.4, -0.2) is 48.3 Å². The molecule has 0 saturated heterocycles. The van der Waals surface area contributed by atoms with Gasteiger partial charge in [-0.1, -0.05) is 6.92 Å². The van der Waals surface area contributed by atoms with Crippen molar-refractivity contribution in [3.63, 3.8) is 0 Å². The minimum Gasteiger partial charge on any atom is -0.355 e. The van der Waals surface area contributed by atoms with Gasteiger partial charge in [-0.3, -0.25) is 24.6 Å². The number of rotatable bonds is 8. The van der Waals surface area contributed by atoms with E-state index in [1.165, 1.54) is 18.2 Å². The molecule has 0 saturated carbocycles. The summed E-state index contributed by atoms with van der Waals surface area (Å²) in [5, 5.41) is 16.1. The molecular weight excluding hydrogens is 300 g/mol. The molecule has 23 heavy (non-hydrogen) atoms. The topological polar surface area (TPSA) is 105 Å². The standard InChI is InChI=1S/C15H22N4O4/c1-4-7-16-14(20)9-18(3)10-15(21)17-13-6-5-12(19(22)23)8-11(13)2/h5-6,8H,4,7,9-10H2,1-3H3,(H,16,20)(H,17,21). The second-order valence-corrected chi connectivity index (χ2v) is 5.33. The number of benzene rings is 1. The molecule has 0 aliphatic rings. The zero-order valence-corrected chi connectivity index (χ0v) is 13.6. The Hall–Kier alpha value is -2.48. The summed E-state index contributed by atoms with van der Waals surface area (Å²) in [5.41, 5.74) is 1.10. The molecule has 0 heterocycles. The lowest BCUT2D eigenvalue weighted by Gasteiger charge is -2.16. The van der Waals surface area contributed by atoms with Crippen molar-refractivity contribution >= 4 is 23.2 Å². The lowest BCUT2D eigenvalue weighted by atomic mass is 10.2. The van der Waals surface area contributed by atoms with E-state index >= 15 is 0 Å². The van der Waals surface area contributed by atoms with Crippen LogP contribution in [0.3, 0.4) is 0 Å². The van der Waals surface area contributed by atoms with Gasteiger partial charge in [-0.2, -0.15) is 0 Å². The molecule has 1 aromatic rings. The van der Waals surface area contributed by atoms with Gasteiger partial charge in [0.2, 0.25) is 11.8 Å². The van der Waals surface area contributed by atoms with E-state index in [2.05, 4.69) is 10.6 Å². The van der Waals surface area contributed by atoms with E-state index in [1.807, 2.05) is 6.92 Å². The Labute approximate surface area is 135 Å². The first kappa shape index (κ1) is 18.6. The number of amides is 2. The van der Waals surface area contributed by atoms with Gasteiger partial charge in [-0.15, -0.1) is 0 Å². The van der Waals surface area contributed by atoms with E-state index in [0.717, 1.165) is 6.42 Å². The molecule has 2 N–H and O–H groups in total. The van der Waals surface area contributed by atoms with E-state index in [9.17, 15) is 19.7 Å². The highest BCUT2D eigenvalue weighted by atomic mass is 16.6. The summed E-state index contributed by atoms with van der Waals surface area (Å²) in [5.74, 6) is -0.415. The van der Waals surface area contributed by atoms with E-state index in [1.54, 1.807) is 18.9 Å². The number of nitrogens with zero attached hydrogens (tertiary/aromatic N) is 2. The van der Waals surface area contributed by atoms with Gasteiger partial charge in [-0.25, -0.2) is 0 Å². The zero-order chi connectivity index (χ0) is 17.4. The number of nitrogens with one attached hydrogen (secondary N) is 2. The predicted molar refractivity (Wildman–Crippen MR) is 87.3 cm³/mol. The molecule has 0 atom stereocenters. The Bertz CT molecular complexity index is 589. The molecule has 0 aliphatic heterocycles. The van der Waals surface area contributed by atoms with Crippen LogP contribution in [0.4, 0.5) is 11.4 Å². The smallest absolute Gasteiger partial charge is 0.269 e. The number of carbonyl (C=O) groups excluding carboxylic acids is 2. The number of nitro groups is 1. The zero-order valence-electron chi connectivity index (χ0n) is 13.6. The number of anilines is 1. The summed E-state index contributed by atoms with van der Waals surface area (Å²) >= 11 is 0. The average molecular weight is 322 g/mol. The highest BCUT2D eigenvalue weighted by Gasteiger charge is 2.13. The number of carbonyl (C=O) groups is 2. The monoisotopic (exact) mass is 322 g/mol. The Balaban J connectivity index is 2.53. The summed E-state index contributed by atoms with van der Waals surface area (Å²) in [4.78, 5) is 35.3. The third-order valence-electron chi connectivity index (χ3n) is 3.09. The van der Waals surface area contributed by atoms with Crippen LogP contribution in [0.25, 0.3) is 0 Å². The molecule has 2 amide bonds. The molecular formula is C15H22N4O4. The van der Waals surface area contributed by atoms with E-state index in [4.69, 9.17) is 0 Å². The third kappa shape index (κ3) is 6.43. The van der Waals surface area contributed by atoms with Gasteiger partial charge in [0.05, 0.1) is 18.0 Å². The fourth-order valence-electron chi connectivity index (χ4n) is 1.96. The van der Waals surface area contributed by atoms with Crippen LogP contribution in [0.5, 0.6) is 0 Å². The molecule has 0 spiro atoms. The molecule has 1 rings (SSSR count). The van der Waals surface area contributed by atoms with Crippen molar-refractivity contribution in [2.75, 3.05) is 32.0 Å². The largest absolute Gasteiger partial charge is 0.355 e. The van der Waals surface area contributed by atoms with Crippen LogP contribution in [0.1, 0.15) is 18.9 Å². The first-order valence-electron chi connectivity index (χ1n) is 7.33. The number of hydrogen-bond acceptors (Lipinski definition) is 5. The number of aryl methyl sites for hydroxylation is 1. The summed E-state index contributed by atoms with van der Waals surface area (Å²) in [7, 11) is 1.67. The summed E-state index contributed by atoms with van der Waals surface area (Å²) in [6, 6.07) is 4.24. The van der Waals surface area contributed by atoms with Gasteiger partial charge in [0, 0.05) is 24.4 Å². The number of nitro benzene ring substituents is 1. The van der Waals surface area contributed by atoms with Crippen molar-refractivity contribution in [1.29, 1.82) is 0 Å². The highest BCUT2D eigenvalue weighted by molar-refractivity contribution is 5.93. The molecule has 8 nitrogen and oxygen atoms in total. The van der Waals surface area contributed by atoms with Crippen molar-refractivity contribution in [1.82, 2.24) is 10.2 Å². The van der Waals surface area contributed by atoms with Crippen LogP contribution >= 0.6 is 0 Å². The van der Waals surface area contributed by atoms with Gasteiger partial charge in [0.15, 0.2) is 0 Å². The Morgan fingerprint density at radius 2 is 1.91 bits per heavy atom. The first-order chi connectivity index (χ1) is 10.8. The normalized spacial score (nSPS) is 10.4. The second-order valence-electron chi connectivity index (χ2n) is 5.33. The number of hydrogen-bond donors (Lipinski definition) is 2. The maximum atomic E-state index is 12.0. The molecule has 8 heteroatoms. The first-order valence-corrected chi connectivity index (χ1v) is 7.33. The quantitative estimate of drug-likeness (QED) is 0.554. The molecule has 126 valence electrons. The van der Waals surface area contributed by atoms with Crippen molar-refractivity contribution in [3.8, 4) is 0 Å². The third-order valence-corrected chi connectivity index (χ3v) is 3.09. The van der Waals surface area contributed by atoms with Crippen molar-refractivity contribution in [2.24, 2.45) is 0 Å². The van der Waals surface area contributed by atoms with Crippen LogP contribution in [0.2, 0.25) is 0 Å². The predicted octanol–water partition coefficient (Wildman–Crippen LogP) is 1.30. The molecule has 0 radical (unpaired) electrons. The van der Waals surface area contributed by atoms with Crippen LogP contribution in [0.15, 0.2) is 18.2 Å². The summed E-state index contributed by atoms with van der Waals surface area (Å²) < 4.78 is 0. The van der Waals surface area contributed by atoms with Gasteiger partial charge in [0.25, 0.3) is 5.69 Å². The Morgan fingerprint density at radius 1 is 1.26 bits per heavy atom. The van der Waals surface area contributed by atoms with Crippen molar-refractivity contribution in [2.45, 2.75) is 20.3 Å². The second kappa shape index (κ2) is 8.84. The fraction of sp³-hybridized carbons (Fsp3) is 0.467. The maximum Gasteiger partial charge on any atom is 0.269 e. The summed E-state index contributed by atoms with van der Waals surface area (Å²) in [6.45, 7) is 4.44. The molecule has 1 aromatic carbocycles. The van der Waals surface area contributed by atoms with Crippen LogP contribution in [-0.2, 0) is 9.59 Å². The SMILES string of the molecule is CCCNC(=O)CN(C)CC(=O)Nc1ccc([N+](=O)[O-])cc1C. The molecule has 0 aromatic heterocycles. The summed E-state index contributed by atoms with van der Waals surface area (Å²) in [6.07, 6.45) is 0.857. The Morgan fingerprint density at radius 3 is 2.48 bits per heavy atom. The van der Waals surface area contributed by atoms with Gasteiger partial charge in [0.1, 0.15) is 0 Å². The van der Waals surface area contributed by atoms with Crippen molar-refractivity contribution < 1.29 is 14.5 Å². The molecule has 0 unspecified atom stereocenters. The molecule has 0 aliphatic carbocycles. The van der Waals surface area contributed by atoms with E-state index in [0.29, 0.717) is 17.8 Å². The molecule has 0 bridgehead atoms. The van der Waals surface area contributed by atoms with Gasteiger partial charge < -0.3 is 10.6 Å². The van der Waals surface area contributed by atoms with Crippen LogP contribution in [0, 0.1) is 17.0 Å². The minimum atomic E-state index is -0.485. The van der Waals surface area contributed by atoms with E-state index in [-0.39, 0.29) is 30.6 Å². The highest BCUT2D eigenvalue weighted by Crippen LogP contribution is 2.21. The molecule has 0 fully saturated rings. The lowest BCUT2D eigenvalue weighted by molar-refractivity contribution is -0.384. The Kier molecular flexibility index (Phi) is 7.14. The maximum absolute atomic E-state index is 12.0. The minimum absolute atomic E-state index is 0.0230. The van der Waals surface area contributed by atoms with Gasteiger partial charge >= 0.3 is 0 Å². The lowest BCUT2D eigenvalue weighted by Crippen LogP contribution is -2.39.